The van der Waals surface area contributed by atoms with Crippen molar-refractivity contribution < 1.29 is 4.74 Å². The van der Waals surface area contributed by atoms with Crippen LogP contribution in [0.3, 0.4) is 0 Å². The molecule has 0 radical (unpaired) electrons. The third-order valence-electron chi connectivity index (χ3n) is 4.41. The zero-order valence-electron chi connectivity index (χ0n) is 12.5. The minimum Gasteiger partial charge on any atom is -0.489 e. The van der Waals surface area contributed by atoms with Crippen LogP contribution in [0.4, 0.5) is 0 Å². The summed E-state index contributed by atoms with van der Waals surface area (Å²) in [7, 11) is 0. The second kappa shape index (κ2) is 5.47. The van der Waals surface area contributed by atoms with Crippen LogP contribution in [-0.2, 0) is 19.4 Å². The van der Waals surface area contributed by atoms with Crippen molar-refractivity contribution in [3.05, 3.63) is 77.4 Å². The van der Waals surface area contributed by atoms with Gasteiger partial charge in [-0.3, -0.25) is 0 Å². The summed E-state index contributed by atoms with van der Waals surface area (Å²) in [6.07, 6.45) is 1.93. The van der Waals surface area contributed by atoms with Crippen LogP contribution in [0.15, 0.2) is 60.7 Å². The van der Waals surface area contributed by atoms with Gasteiger partial charge in [-0.1, -0.05) is 48.5 Å². The largest absolute Gasteiger partial charge is 0.489 e. The highest BCUT2D eigenvalue weighted by molar-refractivity contribution is 5.92. The zero-order valence-corrected chi connectivity index (χ0v) is 12.5. The Morgan fingerprint density at radius 3 is 2.45 bits per heavy atom. The van der Waals surface area contributed by atoms with Crippen molar-refractivity contribution in [1.82, 2.24) is 0 Å². The summed E-state index contributed by atoms with van der Waals surface area (Å²) in [5.74, 6) is 0.907. The summed E-state index contributed by atoms with van der Waals surface area (Å²) in [4.78, 5) is 0. The standard InChI is InChI=1S/C20H19NO/c21-17-11-14-5-4-8-19-16(10-9-15(12-17)20(14)19)13-22-18-6-2-1-3-7-18/h1-10,17H,11-13,21H2. The van der Waals surface area contributed by atoms with E-state index in [9.17, 15) is 0 Å². The maximum atomic E-state index is 6.17. The number of para-hydroxylation sites is 1. The van der Waals surface area contributed by atoms with Crippen molar-refractivity contribution in [2.24, 2.45) is 5.73 Å². The van der Waals surface area contributed by atoms with Gasteiger partial charge in [0.25, 0.3) is 0 Å². The minimum absolute atomic E-state index is 0.240. The van der Waals surface area contributed by atoms with E-state index in [-0.39, 0.29) is 6.04 Å². The molecule has 0 bridgehead atoms. The van der Waals surface area contributed by atoms with E-state index in [1.165, 1.54) is 27.5 Å². The Labute approximate surface area is 130 Å². The summed E-state index contributed by atoms with van der Waals surface area (Å²) in [6, 6.07) is 21.1. The highest BCUT2D eigenvalue weighted by Gasteiger charge is 2.19. The van der Waals surface area contributed by atoms with Crippen LogP contribution in [0.1, 0.15) is 16.7 Å². The average Bonchev–Trinajstić information content (AvgIpc) is 2.55. The molecule has 0 aliphatic heterocycles. The number of hydrogen-bond donors (Lipinski definition) is 1. The van der Waals surface area contributed by atoms with Gasteiger partial charge >= 0.3 is 0 Å². The Morgan fingerprint density at radius 2 is 1.64 bits per heavy atom. The molecule has 4 rings (SSSR count). The lowest BCUT2D eigenvalue weighted by Gasteiger charge is -2.23. The fourth-order valence-electron chi connectivity index (χ4n) is 3.40. The van der Waals surface area contributed by atoms with E-state index < -0.39 is 0 Å². The molecule has 0 spiro atoms. The normalized spacial score (nSPS) is 16.7. The molecule has 2 N–H and O–H groups in total. The highest BCUT2D eigenvalue weighted by atomic mass is 16.5. The van der Waals surface area contributed by atoms with Crippen molar-refractivity contribution in [3.63, 3.8) is 0 Å². The molecule has 2 nitrogen and oxygen atoms in total. The van der Waals surface area contributed by atoms with Crippen molar-refractivity contribution in [2.45, 2.75) is 25.5 Å². The smallest absolute Gasteiger partial charge is 0.119 e. The molecule has 1 atom stereocenters. The second-order valence-corrected chi connectivity index (χ2v) is 5.99. The fourth-order valence-corrected chi connectivity index (χ4v) is 3.40. The molecule has 1 aliphatic rings. The van der Waals surface area contributed by atoms with Gasteiger partial charge in [0.05, 0.1) is 0 Å². The molecule has 0 fully saturated rings. The third-order valence-corrected chi connectivity index (χ3v) is 4.41. The number of benzene rings is 3. The average molecular weight is 289 g/mol. The summed E-state index contributed by atoms with van der Waals surface area (Å²) < 4.78 is 5.93. The lowest BCUT2D eigenvalue weighted by molar-refractivity contribution is 0.307. The topological polar surface area (TPSA) is 35.2 Å². The number of rotatable bonds is 3. The minimum atomic E-state index is 0.240. The lowest BCUT2D eigenvalue weighted by Crippen LogP contribution is -2.28. The van der Waals surface area contributed by atoms with Gasteiger partial charge in [0.2, 0.25) is 0 Å². The maximum Gasteiger partial charge on any atom is 0.119 e. The zero-order chi connectivity index (χ0) is 14.9. The van der Waals surface area contributed by atoms with Crippen molar-refractivity contribution in [1.29, 1.82) is 0 Å². The molecule has 110 valence electrons. The highest BCUT2D eigenvalue weighted by Crippen LogP contribution is 2.32. The molecule has 0 saturated carbocycles. The Balaban J connectivity index is 1.72. The summed E-state index contributed by atoms with van der Waals surface area (Å²) in [5, 5.41) is 2.69. The first-order valence-corrected chi connectivity index (χ1v) is 7.77. The first-order chi connectivity index (χ1) is 10.8. The van der Waals surface area contributed by atoms with Crippen LogP contribution >= 0.6 is 0 Å². The molecule has 0 aromatic heterocycles. The molecular formula is C20H19NO. The number of hydrogen-bond acceptors (Lipinski definition) is 2. The van der Waals surface area contributed by atoms with Gasteiger partial charge in [-0.2, -0.15) is 0 Å². The van der Waals surface area contributed by atoms with E-state index in [0.29, 0.717) is 6.61 Å². The van der Waals surface area contributed by atoms with E-state index in [1.54, 1.807) is 0 Å². The predicted octanol–water partition coefficient (Wildman–Crippen LogP) is 3.84. The van der Waals surface area contributed by atoms with E-state index in [4.69, 9.17) is 10.5 Å². The Hall–Kier alpha value is -2.32. The van der Waals surface area contributed by atoms with E-state index in [2.05, 4.69) is 30.3 Å². The van der Waals surface area contributed by atoms with Gasteiger partial charge in [-0.25, -0.2) is 0 Å². The quantitative estimate of drug-likeness (QED) is 0.795. The SMILES string of the molecule is NC1Cc2cccc3c(COc4ccccc4)ccc(c23)C1. The van der Waals surface area contributed by atoms with Gasteiger partial charge < -0.3 is 10.5 Å². The first kappa shape index (κ1) is 13.4. The Morgan fingerprint density at radius 1 is 0.864 bits per heavy atom. The summed E-state index contributed by atoms with van der Waals surface area (Å²) >= 11 is 0. The second-order valence-electron chi connectivity index (χ2n) is 5.99. The van der Waals surface area contributed by atoms with Gasteiger partial charge in [-0.05, 0) is 52.4 Å². The van der Waals surface area contributed by atoms with Crippen molar-refractivity contribution >= 4 is 10.8 Å². The first-order valence-electron chi connectivity index (χ1n) is 7.77. The predicted molar refractivity (Wildman–Crippen MR) is 90.1 cm³/mol. The molecule has 2 heteroatoms. The van der Waals surface area contributed by atoms with Crippen LogP contribution in [0.2, 0.25) is 0 Å². The molecule has 1 unspecified atom stereocenters. The molecule has 0 saturated heterocycles. The molecule has 3 aromatic rings. The van der Waals surface area contributed by atoms with E-state index in [1.807, 2.05) is 30.3 Å². The van der Waals surface area contributed by atoms with Gasteiger partial charge in [0.15, 0.2) is 0 Å². The summed E-state index contributed by atoms with van der Waals surface area (Å²) in [5.41, 5.74) is 10.1. The van der Waals surface area contributed by atoms with Crippen LogP contribution in [0.5, 0.6) is 5.75 Å². The van der Waals surface area contributed by atoms with Gasteiger partial charge in [0, 0.05) is 6.04 Å². The lowest BCUT2D eigenvalue weighted by atomic mass is 9.85. The molecule has 1 aliphatic carbocycles. The van der Waals surface area contributed by atoms with Crippen LogP contribution in [0, 0.1) is 0 Å². The van der Waals surface area contributed by atoms with E-state index in [0.717, 1.165) is 18.6 Å². The number of nitrogens with two attached hydrogens (primary N) is 1. The van der Waals surface area contributed by atoms with Crippen LogP contribution in [0.25, 0.3) is 10.8 Å². The molecule has 0 heterocycles. The van der Waals surface area contributed by atoms with E-state index >= 15 is 0 Å². The molecule has 22 heavy (non-hydrogen) atoms. The molecule has 0 amide bonds. The van der Waals surface area contributed by atoms with Crippen molar-refractivity contribution in [3.8, 4) is 5.75 Å². The monoisotopic (exact) mass is 289 g/mol. The summed E-state index contributed by atoms with van der Waals surface area (Å²) in [6.45, 7) is 0.594. The third kappa shape index (κ3) is 2.36. The van der Waals surface area contributed by atoms with Crippen molar-refractivity contribution in [2.75, 3.05) is 0 Å². The maximum absolute atomic E-state index is 6.17. The Bertz CT molecular complexity index is 798. The Kier molecular flexibility index (Phi) is 3.32. The molecular weight excluding hydrogens is 270 g/mol. The fraction of sp³-hybridized carbons (Fsp3) is 0.200. The van der Waals surface area contributed by atoms with Crippen LogP contribution in [-0.4, -0.2) is 6.04 Å². The molecule has 3 aromatic carbocycles. The number of ether oxygens (including phenoxy) is 1. The van der Waals surface area contributed by atoms with Gasteiger partial charge in [-0.15, -0.1) is 0 Å². The van der Waals surface area contributed by atoms with Crippen LogP contribution < -0.4 is 10.5 Å². The van der Waals surface area contributed by atoms with Gasteiger partial charge in [0.1, 0.15) is 12.4 Å².